The van der Waals surface area contributed by atoms with Crippen molar-refractivity contribution in [2.24, 2.45) is 0 Å². The van der Waals surface area contributed by atoms with E-state index in [1.165, 1.54) is 84.1 Å². The molecule has 13 rings (SSSR count). The van der Waals surface area contributed by atoms with Gasteiger partial charge in [0, 0.05) is 57.4 Å². The van der Waals surface area contributed by atoms with Gasteiger partial charge in [-0.15, -0.1) is 22.7 Å². The predicted octanol–water partition coefficient (Wildman–Crippen LogP) is 14.6. The second kappa shape index (κ2) is 11.0. The molecule has 0 bridgehead atoms. The monoisotopic (exact) mass is 733 g/mol. The smallest absolute Gasteiger partial charge is 0.236 e. The number of nitrogens with zero attached hydrogens (tertiary/aromatic N) is 3. The Kier molecular flexibility index (Phi) is 5.93. The summed E-state index contributed by atoms with van der Waals surface area (Å²) >= 11 is 3.59. The van der Waals surface area contributed by atoms with Gasteiger partial charge >= 0.3 is 0 Å². The van der Waals surface area contributed by atoms with Crippen LogP contribution < -0.4 is 0 Å². The SMILES string of the molecule is c1ccc2c(c1)ccc1c2c2c3c4ccccc4c4ccccc4c3ccc2n1-c1nc(-c2ccc3sc4ccccc4c3c2)c2c(n1)sc1ccccc12. The summed E-state index contributed by atoms with van der Waals surface area (Å²) in [7, 11) is 0. The molecule has 9 aromatic carbocycles. The molecule has 0 saturated carbocycles. The quantitative estimate of drug-likeness (QED) is 0.166. The second-order valence-electron chi connectivity index (χ2n) is 14.4. The first-order valence-corrected chi connectivity index (χ1v) is 20.2. The molecular weight excluding hydrogens is 707 g/mol. The Hall–Kier alpha value is -6.66. The highest BCUT2D eigenvalue weighted by molar-refractivity contribution is 7.26. The van der Waals surface area contributed by atoms with Crippen LogP contribution in [0.2, 0.25) is 0 Å². The van der Waals surface area contributed by atoms with Crippen molar-refractivity contribution in [1.29, 1.82) is 0 Å². The van der Waals surface area contributed by atoms with Crippen molar-refractivity contribution in [3.8, 4) is 17.2 Å². The summed E-state index contributed by atoms with van der Waals surface area (Å²) in [5.74, 6) is 0.684. The van der Waals surface area contributed by atoms with Crippen molar-refractivity contribution in [3.63, 3.8) is 0 Å². The number of rotatable bonds is 2. The van der Waals surface area contributed by atoms with Crippen LogP contribution in [-0.4, -0.2) is 14.5 Å². The van der Waals surface area contributed by atoms with Gasteiger partial charge in [0.25, 0.3) is 0 Å². The van der Waals surface area contributed by atoms with Crippen LogP contribution in [0, 0.1) is 0 Å². The van der Waals surface area contributed by atoms with Crippen molar-refractivity contribution in [3.05, 3.63) is 164 Å². The Morgan fingerprint density at radius 1 is 0.364 bits per heavy atom. The topological polar surface area (TPSA) is 30.7 Å². The highest BCUT2D eigenvalue weighted by atomic mass is 32.1. The van der Waals surface area contributed by atoms with Gasteiger partial charge in [-0.25, -0.2) is 9.97 Å². The third kappa shape index (κ3) is 4.03. The molecule has 0 aliphatic carbocycles. The first-order chi connectivity index (χ1) is 27.3. The number of fused-ring (bicyclic) bond motifs is 18. The number of benzene rings is 9. The lowest BCUT2D eigenvalue weighted by Gasteiger charge is -2.13. The van der Waals surface area contributed by atoms with E-state index in [2.05, 4.69) is 168 Å². The lowest BCUT2D eigenvalue weighted by Crippen LogP contribution is -2.02. The third-order valence-electron chi connectivity index (χ3n) is 11.6. The Morgan fingerprint density at radius 2 is 0.945 bits per heavy atom. The zero-order valence-electron chi connectivity index (χ0n) is 29.2. The molecule has 0 atom stereocenters. The fourth-order valence-electron chi connectivity index (χ4n) is 9.27. The van der Waals surface area contributed by atoms with E-state index >= 15 is 0 Å². The summed E-state index contributed by atoms with van der Waals surface area (Å²) < 4.78 is 6.12. The predicted molar refractivity (Wildman–Crippen MR) is 238 cm³/mol. The summed E-state index contributed by atoms with van der Waals surface area (Å²) in [5.41, 5.74) is 4.26. The first kappa shape index (κ1) is 29.8. The minimum atomic E-state index is 0.684. The lowest BCUT2D eigenvalue weighted by atomic mass is 9.91. The van der Waals surface area contributed by atoms with E-state index in [4.69, 9.17) is 9.97 Å². The second-order valence-corrected chi connectivity index (χ2v) is 16.6. The number of hydrogen-bond acceptors (Lipinski definition) is 4. The number of thiophene rings is 2. The Morgan fingerprint density at radius 3 is 1.75 bits per heavy atom. The maximum absolute atomic E-state index is 5.64. The normalized spacial score (nSPS) is 12.4. The molecular formula is C50H27N3S2. The van der Waals surface area contributed by atoms with Gasteiger partial charge in [0.05, 0.1) is 16.7 Å². The molecule has 0 unspecified atom stereocenters. The summed E-state index contributed by atoms with van der Waals surface area (Å²) in [6.07, 6.45) is 0. The molecule has 5 heteroatoms. The van der Waals surface area contributed by atoms with Gasteiger partial charge in [-0.1, -0.05) is 127 Å². The van der Waals surface area contributed by atoms with Crippen LogP contribution in [0.1, 0.15) is 0 Å². The summed E-state index contributed by atoms with van der Waals surface area (Å²) in [5, 5.41) is 17.3. The average molecular weight is 734 g/mol. The molecule has 3 nitrogen and oxygen atoms in total. The molecule has 254 valence electrons. The van der Waals surface area contributed by atoms with Gasteiger partial charge in [-0.2, -0.15) is 0 Å². The van der Waals surface area contributed by atoms with Crippen LogP contribution in [0.25, 0.3) is 123 Å². The molecule has 0 saturated heterocycles. The molecule has 55 heavy (non-hydrogen) atoms. The minimum absolute atomic E-state index is 0.684. The maximum atomic E-state index is 5.64. The Labute approximate surface area is 322 Å². The minimum Gasteiger partial charge on any atom is -0.278 e. The van der Waals surface area contributed by atoms with E-state index in [9.17, 15) is 0 Å². The zero-order chi connectivity index (χ0) is 35.8. The van der Waals surface area contributed by atoms with Crippen molar-refractivity contribution in [2.75, 3.05) is 0 Å². The lowest BCUT2D eigenvalue weighted by molar-refractivity contribution is 1.02. The van der Waals surface area contributed by atoms with E-state index in [0.29, 0.717) is 5.95 Å². The summed E-state index contributed by atoms with van der Waals surface area (Å²) in [4.78, 5) is 12.1. The van der Waals surface area contributed by atoms with Crippen LogP contribution in [0.3, 0.4) is 0 Å². The highest BCUT2D eigenvalue weighted by Crippen LogP contribution is 2.46. The Bertz CT molecular complexity index is 3760. The van der Waals surface area contributed by atoms with Crippen molar-refractivity contribution < 1.29 is 0 Å². The van der Waals surface area contributed by atoms with E-state index in [1.807, 2.05) is 11.3 Å². The summed E-state index contributed by atoms with van der Waals surface area (Å²) in [6, 6.07) is 59.9. The zero-order valence-corrected chi connectivity index (χ0v) is 30.9. The van der Waals surface area contributed by atoms with Gasteiger partial charge in [-0.3, -0.25) is 4.57 Å². The molecule has 0 spiro atoms. The highest BCUT2D eigenvalue weighted by Gasteiger charge is 2.24. The van der Waals surface area contributed by atoms with Crippen molar-refractivity contribution >= 4 is 128 Å². The standard InChI is InChI=1S/C50H27N3S2/c1-2-12-30-28(11-1)21-24-39-45(30)47-40(25-23-36-33-15-4-3-13-31(33)32-14-5-6-17-35(32)44(36)47)53(39)50-51-48(46-37-18-8-10-20-42(37)55-49(46)52-50)29-22-26-43-38(27-29)34-16-7-9-19-41(34)54-43/h1-27H. The maximum Gasteiger partial charge on any atom is 0.236 e. The molecule has 4 heterocycles. The van der Waals surface area contributed by atoms with Crippen molar-refractivity contribution in [1.82, 2.24) is 14.5 Å². The molecule has 0 N–H and O–H groups in total. The first-order valence-electron chi connectivity index (χ1n) is 18.6. The van der Waals surface area contributed by atoms with Crippen LogP contribution in [-0.2, 0) is 0 Å². The molecule has 0 aliphatic rings. The molecule has 0 radical (unpaired) electrons. The largest absolute Gasteiger partial charge is 0.278 e. The van der Waals surface area contributed by atoms with Gasteiger partial charge < -0.3 is 0 Å². The number of hydrogen-bond donors (Lipinski definition) is 0. The van der Waals surface area contributed by atoms with Gasteiger partial charge in [0.15, 0.2) is 0 Å². The van der Waals surface area contributed by atoms with Gasteiger partial charge in [0.2, 0.25) is 5.95 Å². The van der Waals surface area contributed by atoms with Gasteiger partial charge in [0.1, 0.15) is 4.83 Å². The van der Waals surface area contributed by atoms with E-state index < -0.39 is 0 Å². The van der Waals surface area contributed by atoms with Crippen LogP contribution >= 0.6 is 22.7 Å². The molecule has 0 amide bonds. The average Bonchev–Trinajstić information content (AvgIpc) is 3.92. The molecule has 0 fully saturated rings. The number of aromatic nitrogens is 3. The fraction of sp³-hybridized carbons (Fsp3) is 0. The van der Waals surface area contributed by atoms with Crippen LogP contribution in [0.5, 0.6) is 0 Å². The molecule has 13 aromatic rings. The van der Waals surface area contributed by atoms with Crippen LogP contribution in [0.15, 0.2) is 164 Å². The fourth-order valence-corrected chi connectivity index (χ4v) is 11.4. The summed E-state index contributed by atoms with van der Waals surface area (Å²) in [6.45, 7) is 0. The van der Waals surface area contributed by atoms with E-state index in [1.54, 1.807) is 11.3 Å². The van der Waals surface area contributed by atoms with Crippen molar-refractivity contribution in [2.45, 2.75) is 0 Å². The molecule has 0 aliphatic heterocycles. The van der Waals surface area contributed by atoms with Gasteiger partial charge in [-0.05, 0) is 74.1 Å². The molecule has 4 aromatic heterocycles. The third-order valence-corrected chi connectivity index (χ3v) is 13.8. The Balaban J connectivity index is 1.21. The van der Waals surface area contributed by atoms with E-state index in [0.717, 1.165) is 32.5 Å². The van der Waals surface area contributed by atoms with Crippen LogP contribution in [0.4, 0.5) is 0 Å². The van der Waals surface area contributed by atoms with E-state index in [-0.39, 0.29) is 0 Å².